The van der Waals surface area contributed by atoms with E-state index in [1.807, 2.05) is 12.3 Å². The number of rotatable bonds is 6. The molecule has 0 radical (unpaired) electrons. The van der Waals surface area contributed by atoms with E-state index in [0.717, 1.165) is 12.2 Å². The van der Waals surface area contributed by atoms with E-state index in [0.29, 0.717) is 11.5 Å². The quantitative estimate of drug-likeness (QED) is 0.813. The standard InChI is InChI=1S/C16H28N2/c1-6-11-18-15(9-10-16(3,4)5)14-8-7-12-17-13(14)2/h7-8,12,15,18H,6,9-11H2,1-5H3. The summed E-state index contributed by atoms with van der Waals surface area (Å²) >= 11 is 0. The fourth-order valence-corrected chi connectivity index (χ4v) is 2.13. The Labute approximate surface area is 112 Å². The van der Waals surface area contributed by atoms with E-state index >= 15 is 0 Å². The summed E-state index contributed by atoms with van der Waals surface area (Å²) in [5.41, 5.74) is 2.90. The summed E-state index contributed by atoms with van der Waals surface area (Å²) in [5.74, 6) is 0. The lowest BCUT2D eigenvalue weighted by Gasteiger charge is -2.25. The SMILES string of the molecule is CCCNC(CCC(C)(C)C)c1cccnc1C. The van der Waals surface area contributed by atoms with Crippen molar-refractivity contribution >= 4 is 0 Å². The summed E-state index contributed by atoms with van der Waals surface area (Å²) in [4.78, 5) is 4.41. The predicted molar refractivity (Wildman–Crippen MR) is 78.7 cm³/mol. The lowest BCUT2D eigenvalue weighted by atomic mass is 9.87. The van der Waals surface area contributed by atoms with Crippen molar-refractivity contribution in [2.45, 2.75) is 59.9 Å². The maximum atomic E-state index is 4.41. The molecule has 1 heterocycles. The molecule has 0 aromatic carbocycles. The van der Waals surface area contributed by atoms with Gasteiger partial charge in [-0.2, -0.15) is 0 Å². The molecule has 1 aromatic heterocycles. The highest BCUT2D eigenvalue weighted by Gasteiger charge is 2.17. The second kappa shape index (κ2) is 6.89. The van der Waals surface area contributed by atoms with Gasteiger partial charge in [-0.05, 0) is 49.8 Å². The molecule has 2 heteroatoms. The molecule has 18 heavy (non-hydrogen) atoms. The first-order valence-electron chi connectivity index (χ1n) is 7.09. The summed E-state index contributed by atoms with van der Waals surface area (Å²) in [7, 11) is 0. The van der Waals surface area contributed by atoms with Crippen LogP contribution >= 0.6 is 0 Å². The average molecular weight is 248 g/mol. The van der Waals surface area contributed by atoms with E-state index in [9.17, 15) is 0 Å². The van der Waals surface area contributed by atoms with Crippen LogP contribution in [0.15, 0.2) is 18.3 Å². The zero-order chi connectivity index (χ0) is 13.6. The number of aromatic nitrogens is 1. The Hall–Kier alpha value is -0.890. The molecule has 0 aliphatic rings. The van der Waals surface area contributed by atoms with Gasteiger partial charge >= 0.3 is 0 Å². The van der Waals surface area contributed by atoms with Gasteiger partial charge in [0.15, 0.2) is 0 Å². The van der Waals surface area contributed by atoms with Crippen LogP contribution in [0.25, 0.3) is 0 Å². The van der Waals surface area contributed by atoms with Gasteiger partial charge in [-0.15, -0.1) is 0 Å². The molecule has 1 rings (SSSR count). The van der Waals surface area contributed by atoms with Crippen LogP contribution < -0.4 is 5.32 Å². The first-order valence-corrected chi connectivity index (χ1v) is 7.09. The Bertz CT molecular complexity index is 352. The van der Waals surface area contributed by atoms with Crippen molar-refractivity contribution in [3.05, 3.63) is 29.6 Å². The summed E-state index contributed by atoms with van der Waals surface area (Å²) in [6.45, 7) is 12.3. The normalized spacial score (nSPS) is 13.6. The lowest BCUT2D eigenvalue weighted by Crippen LogP contribution is -2.24. The molecule has 0 bridgehead atoms. The third-order valence-electron chi connectivity index (χ3n) is 3.25. The smallest absolute Gasteiger partial charge is 0.0420 e. The van der Waals surface area contributed by atoms with Gasteiger partial charge in [-0.1, -0.05) is 33.8 Å². The minimum Gasteiger partial charge on any atom is -0.310 e. The molecule has 102 valence electrons. The topological polar surface area (TPSA) is 24.9 Å². The zero-order valence-corrected chi connectivity index (χ0v) is 12.6. The molecule has 0 amide bonds. The summed E-state index contributed by atoms with van der Waals surface area (Å²) in [6.07, 6.45) is 5.45. The van der Waals surface area contributed by atoms with Gasteiger partial charge in [0, 0.05) is 17.9 Å². The number of nitrogens with zero attached hydrogens (tertiary/aromatic N) is 1. The minimum absolute atomic E-state index is 0.391. The molecule has 1 aromatic rings. The number of hydrogen-bond donors (Lipinski definition) is 1. The van der Waals surface area contributed by atoms with Gasteiger partial charge in [0.2, 0.25) is 0 Å². The second-order valence-electron chi connectivity index (χ2n) is 6.28. The highest BCUT2D eigenvalue weighted by molar-refractivity contribution is 5.22. The van der Waals surface area contributed by atoms with E-state index in [1.54, 1.807) is 0 Å². The number of pyridine rings is 1. The summed E-state index contributed by atoms with van der Waals surface area (Å²) < 4.78 is 0. The van der Waals surface area contributed by atoms with Gasteiger partial charge in [0.25, 0.3) is 0 Å². The molecule has 1 unspecified atom stereocenters. The highest BCUT2D eigenvalue weighted by atomic mass is 14.9. The Morgan fingerprint density at radius 3 is 2.61 bits per heavy atom. The van der Waals surface area contributed by atoms with Crippen LogP contribution in [0.4, 0.5) is 0 Å². The fraction of sp³-hybridized carbons (Fsp3) is 0.688. The fourth-order valence-electron chi connectivity index (χ4n) is 2.13. The number of nitrogens with one attached hydrogen (secondary N) is 1. The van der Waals surface area contributed by atoms with Crippen LogP contribution in [-0.2, 0) is 0 Å². The van der Waals surface area contributed by atoms with E-state index in [-0.39, 0.29) is 0 Å². The number of hydrogen-bond acceptors (Lipinski definition) is 2. The molecule has 1 N–H and O–H groups in total. The van der Waals surface area contributed by atoms with Crippen molar-refractivity contribution in [2.75, 3.05) is 6.54 Å². The van der Waals surface area contributed by atoms with Crippen LogP contribution in [-0.4, -0.2) is 11.5 Å². The minimum atomic E-state index is 0.391. The predicted octanol–water partition coefficient (Wildman–Crippen LogP) is 4.26. The van der Waals surface area contributed by atoms with Crippen molar-refractivity contribution in [1.29, 1.82) is 0 Å². The molecule has 0 saturated heterocycles. The van der Waals surface area contributed by atoms with E-state index in [4.69, 9.17) is 0 Å². The number of aryl methyl sites for hydroxylation is 1. The Kier molecular flexibility index (Phi) is 5.80. The van der Waals surface area contributed by atoms with Crippen molar-refractivity contribution in [2.24, 2.45) is 5.41 Å². The molecular weight excluding hydrogens is 220 g/mol. The van der Waals surface area contributed by atoms with Gasteiger partial charge in [0.1, 0.15) is 0 Å². The summed E-state index contributed by atoms with van der Waals surface area (Å²) in [5, 5.41) is 3.66. The third-order valence-corrected chi connectivity index (χ3v) is 3.25. The van der Waals surface area contributed by atoms with Crippen LogP contribution in [0.2, 0.25) is 0 Å². The highest BCUT2D eigenvalue weighted by Crippen LogP contribution is 2.28. The van der Waals surface area contributed by atoms with Crippen molar-refractivity contribution in [3.8, 4) is 0 Å². The molecule has 0 saturated carbocycles. The van der Waals surface area contributed by atoms with Crippen LogP contribution in [0.1, 0.15) is 64.3 Å². The van der Waals surface area contributed by atoms with Gasteiger partial charge in [0.05, 0.1) is 0 Å². The molecule has 0 aliphatic heterocycles. The molecule has 0 aliphatic carbocycles. The first-order chi connectivity index (χ1) is 8.44. The monoisotopic (exact) mass is 248 g/mol. The van der Waals surface area contributed by atoms with Crippen molar-refractivity contribution in [3.63, 3.8) is 0 Å². The van der Waals surface area contributed by atoms with Crippen molar-refractivity contribution < 1.29 is 0 Å². The maximum absolute atomic E-state index is 4.41. The van der Waals surface area contributed by atoms with Crippen LogP contribution in [0.5, 0.6) is 0 Å². The zero-order valence-electron chi connectivity index (χ0n) is 12.6. The first kappa shape index (κ1) is 15.2. The van der Waals surface area contributed by atoms with Crippen LogP contribution in [0, 0.1) is 12.3 Å². The van der Waals surface area contributed by atoms with Crippen LogP contribution in [0.3, 0.4) is 0 Å². The van der Waals surface area contributed by atoms with Gasteiger partial charge in [-0.25, -0.2) is 0 Å². The second-order valence-corrected chi connectivity index (χ2v) is 6.28. The average Bonchev–Trinajstić information content (AvgIpc) is 2.29. The van der Waals surface area contributed by atoms with E-state index < -0.39 is 0 Å². The van der Waals surface area contributed by atoms with Crippen molar-refractivity contribution in [1.82, 2.24) is 10.3 Å². The maximum Gasteiger partial charge on any atom is 0.0420 e. The van der Waals surface area contributed by atoms with E-state index in [1.165, 1.54) is 24.8 Å². The Balaban J connectivity index is 2.75. The molecule has 2 nitrogen and oxygen atoms in total. The molecular formula is C16H28N2. The largest absolute Gasteiger partial charge is 0.310 e. The summed E-state index contributed by atoms with van der Waals surface area (Å²) in [6, 6.07) is 4.69. The Morgan fingerprint density at radius 1 is 1.33 bits per heavy atom. The Morgan fingerprint density at radius 2 is 2.06 bits per heavy atom. The van der Waals surface area contributed by atoms with Gasteiger partial charge in [-0.3, -0.25) is 4.98 Å². The third kappa shape index (κ3) is 5.18. The van der Waals surface area contributed by atoms with E-state index in [2.05, 4.69) is 51.0 Å². The van der Waals surface area contributed by atoms with Gasteiger partial charge < -0.3 is 5.32 Å². The lowest BCUT2D eigenvalue weighted by molar-refractivity contribution is 0.331. The molecule has 0 spiro atoms. The molecule has 0 fully saturated rings. The molecule has 1 atom stereocenters.